The fraction of sp³-hybridized carbons (Fsp3) is 0.364. The number of tetrazole rings is 1. The van der Waals surface area contributed by atoms with Crippen LogP contribution in [0.4, 0.5) is 0 Å². The second-order valence-electron chi connectivity index (χ2n) is 3.70. The Morgan fingerprint density at radius 3 is 2.69 bits per heavy atom. The normalized spacial score (nSPS) is 10.6. The zero-order valence-electron chi connectivity index (χ0n) is 9.51. The number of benzene rings is 1. The summed E-state index contributed by atoms with van der Waals surface area (Å²) in [5.41, 5.74) is 2.23. The van der Waals surface area contributed by atoms with Crippen molar-refractivity contribution in [2.45, 2.75) is 13.3 Å². The second-order valence-corrected chi connectivity index (χ2v) is 3.70. The summed E-state index contributed by atoms with van der Waals surface area (Å²) in [5.74, 6) is 0.873. The quantitative estimate of drug-likeness (QED) is 0.820. The van der Waals surface area contributed by atoms with Gasteiger partial charge < -0.3 is 5.32 Å². The molecule has 0 radical (unpaired) electrons. The van der Waals surface area contributed by atoms with Crippen molar-refractivity contribution in [3.8, 4) is 5.69 Å². The van der Waals surface area contributed by atoms with Gasteiger partial charge in [0, 0.05) is 13.0 Å². The summed E-state index contributed by atoms with van der Waals surface area (Å²) in [6.45, 7) is 2.93. The highest BCUT2D eigenvalue weighted by Gasteiger charge is 2.06. The minimum atomic E-state index is 0.817. The van der Waals surface area contributed by atoms with Crippen LogP contribution >= 0.6 is 0 Å². The van der Waals surface area contributed by atoms with Crippen LogP contribution < -0.4 is 5.32 Å². The third-order valence-electron chi connectivity index (χ3n) is 2.41. The smallest absolute Gasteiger partial charge is 0.157 e. The molecule has 0 aliphatic carbocycles. The number of hydrogen-bond acceptors (Lipinski definition) is 4. The van der Waals surface area contributed by atoms with Crippen molar-refractivity contribution in [2.24, 2.45) is 0 Å². The Balaban J connectivity index is 2.26. The minimum absolute atomic E-state index is 0.817. The van der Waals surface area contributed by atoms with Gasteiger partial charge in [0.2, 0.25) is 0 Å². The molecule has 1 heterocycles. The summed E-state index contributed by atoms with van der Waals surface area (Å²) < 4.78 is 1.77. The molecule has 1 N–H and O–H groups in total. The largest absolute Gasteiger partial charge is 0.319 e. The van der Waals surface area contributed by atoms with Crippen LogP contribution in [0.5, 0.6) is 0 Å². The third-order valence-corrected chi connectivity index (χ3v) is 2.41. The van der Waals surface area contributed by atoms with Gasteiger partial charge >= 0.3 is 0 Å². The highest BCUT2D eigenvalue weighted by Crippen LogP contribution is 2.09. The number of likely N-dealkylation sites (N-methyl/N-ethyl adjacent to an activating group) is 1. The first-order chi connectivity index (χ1) is 7.81. The van der Waals surface area contributed by atoms with Crippen LogP contribution in [-0.4, -0.2) is 33.8 Å². The van der Waals surface area contributed by atoms with E-state index in [-0.39, 0.29) is 0 Å². The fourth-order valence-corrected chi connectivity index (χ4v) is 1.48. The second kappa shape index (κ2) is 4.85. The molecule has 0 aliphatic rings. The Morgan fingerprint density at radius 1 is 1.25 bits per heavy atom. The molecule has 0 unspecified atom stereocenters. The lowest BCUT2D eigenvalue weighted by Crippen LogP contribution is -2.14. The predicted octanol–water partition coefficient (Wildman–Crippen LogP) is 0.733. The van der Waals surface area contributed by atoms with Crippen LogP contribution in [0.2, 0.25) is 0 Å². The standard InChI is InChI=1S/C11H15N5/c1-9-3-5-10(6-4-9)16-11(7-8-12-2)13-14-15-16/h3-6,12H,7-8H2,1-2H3. The molecule has 0 atom stereocenters. The number of hydrogen-bond donors (Lipinski definition) is 1. The van der Waals surface area contributed by atoms with Gasteiger partial charge in [0.15, 0.2) is 5.82 Å². The van der Waals surface area contributed by atoms with Gasteiger partial charge in [-0.3, -0.25) is 0 Å². The molecule has 0 aliphatic heterocycles. The van der Waals surface area contributed by atoms with Crippen molar-refractivity contribution in [3.05, 3.63) is 35.7 Å². The molecule has 16 heavy (non-hydrogen) atoms. The average Bonchev–Trinajstić information content (AvgIpc) is 2.75. The summed E-state index contributed by atoms with van der Waals surface area (Å²) in [6.07, 6.45) is 0.817. The topological polar surface area (TPSA) is 55.6 Å². The van der Waals surface area contributed by atoms with Crippen molar-refractivity contribution >= 4 is 0 Å². The Hall–Kier alpha value is -1.75. The minimum Gasteiger partial charge on any atom is -0.319 e. The van der Waals surface area contributed by atoms with Crippen LogP contribution in [0.3, 0.4) is 0 Å². The van der Waals surface area contributed by atoms with Crippen molar-refractivity contribution < 1.29 is 0 Å². The predicted molar refractivity (Wildman–Crippen MR) is 61.5 cm³/mol. The first-order valence-electron chi connectivity index (χ1n) is 5.30. The van der Waals surface area contributed by atoms with Gasteiger partial charge in [0.25, 0.3) is 0 Å². The molecule has 0 amide bonds. The van der Waals surface area contributed by atoms with E-state index in [1.807, 2.05) is 19.2 Å². The maximum absolute atomic E-state index is 4.01. The van der Waals surface area contributed by atoms with Gasteiger partial charge in [-0.1, -0.05) is 17.7 Å². The molecule has 0 bridgehead atoms. The Bertz CT molecular complexity index is 446. The summed E-state index contributed by atoms with van der Waals surface area (Å²) in [6, 6.07) is 8.15. The first-order valence-corrected chi connectivity index (χ1v) is 5.30. The van der Waals surface area contributed by atoms with E-state index in [1.165, 1.54) is 5.56 Å². The Morgan fingerprint density at radius 2 is 2.00 bits per heavy atom. The van der Waals surface area contributed by atoms with E-state index in [0.717, 1.165) is 24.5 Å². The van der Waals surface area contributed by atoms with Crippen molar-refractivity contribution in [1.29, 1.82) is 0 Å². The van der Waals surface area contributed by atoms with Gasteiger partial charge in [0.1, 0.15) is 0 Å². The highest BCUT2D eigenvalue weighted by molar-refractivity contribution is 5.33. The Kier molecular flexibility index (Phi) is 3.26. The van der Waals surface area contributed by atoms with E-state index < -0.39 is 0 Å². The zero-order valence-corrected chi connectivity index (χ0v) is 9.51. The Labute approximate surface area is 94.5 Å². The van der Waals surface area contributed by atoms with Crippen molar-refractivity contribution in [3.63, 3.8) is 0 Å². The van der Waals surface area contributed by atoms with E-state index in [1.54, 1.807) is 4.68 Å². The molecule has 0 saturated heterocycles. The third kappa shape index (κ3) is 2.25. The van der Waals surface area contributed by atoms with E-state index in [9.17, 15) is 0 Å². The number of aryl methyl sites for hydroxylation is 1. The molecule has 2 rings (SSSR count). The number of nitrogens with one attached hydrogen (secondary N) is 1. The van der Waals surface area contributed by atoms with E-state index >= 15 is 0 Å². The van der Waals surface area contributed by atoms with E-state index in [2.05, 4.69) is 39.9 Å². The molecule has 0 spiro atoms. The molecular formula is C11H15N5. The van der Waals surface area contributed by atoms with E-state index in [0.29, 0.717) is 0 Å². The lowest BCUT2D eigenvalue weighted by Gasteiger charge is -2.04. The van der Waals surface area contributed by atoms with Crippen LogP contribution in [0.1, 0.15) is 11.4 Å². The first kappa shape index (κ1) is 10.8. The number of nitrogens with zero attached hydrogens (tertiary/aromatic N) is 4. The summed E-state index contributed by atoms with van der Waals surface area (Å²) in [4.78, 5) is 0. The molecular weight excluding hydrogens is 202 g/mol. The SMILES string of the molecule is CNCCc1nnnn1-c1ccc(C)cc1. The maximum Gasteiger partial charge on any atom is 0.157 e. The number of aromatic nitrogens is 4. The maximum atomic E-state index is 4.01. The molecule has 0 fully saturated rings. The molecule has 5 heteroatoms. The van der Waals surface area contributed by atoms with Gasteiger partial charge in [-0.15, -0.1) is 5.10 Å². The van der Waals surface area contributed by atoms with Gasteiger partial charge in [-0.2, -0.15) is 4.68 Å². The van der Waals surface area contributed by atoms with Crippen LogP contribution in [0, 0.1) is 6.92 Å². The van der Waals surface area contributed by atoms with Gasteiger partial charge in [-0.05, 0) is 36.5 Å². The molecule has 5 nitrogen and oxygen atoms in total. The van der Waals surface area contributed by atoms with Crippen LogP contribution in [-0.2, 0) is 6.42 Å². The summed E-state index contributed by atoms with van der Waals surface area (Å²) >= 11 is 0. The number of rotatable bonds is 4. The molecule has 1 aromatic heterocycles. The molecule has 1 aromatic carbocycles. The van der Waals surface area contributed by atoms with Crippen molar-refractivity contribution in [2.75, 3.05) is 13.6 Å². The summed E-state index contributed by atoms with van der Waals surface area (Å²) in [5, 5.41) is 14.8. The molecule has 0 saturated carbocycles. The van der Waals surface area contributed by atoms with Gasteiger partial charge in [0.05, 0.1) is 5.69 Å². The van der Waals surface area contributed by atoms with E-state index in [4.69, 9.17) is 0 Å². The lowest BCUT2D eigenvalue weighted by atomic mass is 10.2. The molecule has 2 aromatic rings. The monoisotopic (exact) mass is 217 g/mol. The zero-order chi connectivity index (χ0) is 11.4. The fourth-order valence-electron chi connectivity index (χ4n) is 1.48. The average molecular weight is 217 g/mol. The summed E-state index contributed by atoms with van der Waals surface area (Å²) in [7, 11) is 1.92. The lowest BCUT2D eigenvalue weighted by molar-refractivity contribution is 0.716. The van der Waals surface area contributed by atoms with Gasteiger partial charge in [-0.25, -0.2) is 0 Å². The van der Waals surface area contributed by atoms with Crippen LogP contribution in [0.25, 0.3) is 5.69 Å². The molecule has 84 valence electrons. The van der Waals surface area contributed by atoms with Crippen LogP contribution in [0.15, 0.2) is 24.3 Å². The highest BCUT2D eigenvalue weighted by atomic mass is 15.5. The van der Waals surface area contributed by atoms with Crippen molar-refractivity contribution in [1.82, 2.24) is 25.5 Å².